The summed E-state index contributed by atoms with van der Waals surface area (Å²) in [5.74, 6) is 2.71. The number of hydrogen-bond acceptors (Lipinski definition) is 6. The van der Waals surface area contributed by atoms with Crippen molar-refractivity contribution in [3.63, 3.8) is 0 Å². The predicted octanol–water partition coefficient (Wildman–Crippen LogP) is 2.39. The summed E-state index contributed by atoms with van der Waals surface area (Å²) in [5, 5.41) is 6.83. The van der Waals surface area contributed by atoms with Gasteiger partial charge in [0, 0.05) is 24.8 Å². The van der Waals surface area contributed by atoms with Gasteiger partial charge in [-0.25, -0.2) is 0 Å². The molecule has 0 radical (unpaired) electrons. The van der Waals surface area contributed by atoms with Crippen molar-refractivity contribution in [2.24, 2.45) is 0 Å². The number of rotatable bonds is 6. The number of nitrogens with zero attached hydrogens (tertiary/aromatic N) is 2. The van der Waals surface area contributed by atoms with E-state index in [1.165, 1.54) is 0 Å². The largest absolute Gasteiger partial charge is 0.454 e. The number of benzene rings is 1. The highest BCUT2D eigenvalue weighted by atomic mass is 16.7. The van der Waals surface area contributed by atoms with E-state index < -0.39 is 0 Å². The third kappa shape index (κ3) is 4.49. The fourth-order valence-electron chi connectivity index (χ4n) is 2.42. The van der Waals surface area contributed by atoms with Crippen molar-refractivity contribution in [1.29, 1.82) is 0 Å². The summed E-state index contributed by atoms with van der Waals surface area (Å²) in [7, 11) is 0. The Labute approximate surface area is 146 Å². The van der Waals surface area contributed by atoms with Crippen LogP contribution in [0.15, 0.2) is 22.7 Å². The molecule has 0 spiro atoms. The molecule has 0 unspecified atom stereocenters. The molecule has 134 valence electrons. The van der Waals surface area contributed by atoms with Crippen LogP contribution in [0.4, 0.5) is 0 Å². The van der Waals surface area contributed by atoms with E-state index in [2.05, 4.69) is 15.5 Å². The van der Waals surface area contributed by atoms with E-state index in [9.17, 15) is 4.79 Å². The summed E-state index contributed by atoms with van der Waals surface area (Å²) < 4.78 is 15.8. The normalized spacial score (nSPS) is 13.1. The molecule has 1 aliphatic rings. The van der Waals surface area contributed by atoms with Crippen molar-refractivity contribution < 1.29 is 18.8 Å². The van der Waals surface area contributed by atoms with E-state index in [1.807, 2.05) is 39.0 Å². The van der Waals surface area contributed by atoms with Crippen LogP contribution in [0.5, 0.6) is 11.5 Å². The Balaban J connectivity index is 1.40. The third-order valence-corrected chi connectivity index (χ3v) is 3.86. The zero-order valence-corrected chi connectivity index (χ0v) is 14.8. The Morgan fingerprint density at radius 2 is 2.00 bits per heavy atom. The van der Waals surface area contributed by atoms with Gasteiger partial charge in [0.1, 0.15) is 0 Å². The van der Waals surface area contributed by atoms with E-state index in [4.69, 9.17) is 14.0 Å². The van der Waals surface area contributed by atoms with Crippen molar-refractivity contribution in [2.45, 2.75) is 45.4 Å². The Morgan fingerprint density at radius 1 is 1.20 bits per heavy atom. The van der Waals surface area contributed by atoms with Gasteiger partial charge in [-0.3, -0.25) is 4.79 Å². The van der Waals surface area contributed by atoms with Gasteiger partial charge in [0.2, 0.25) is 18.6 Å². The highest BCUT2D eigenvalue weighted by Crippen LogP contribution is 2.32. The SMILES string of the molecule is CC(C)(C)c1nc(CCNC(=O)CCc2ccc3c(c2)OCO3)no1. The first-order valence-electron chi connectivity index (χ1n) is 8.40. The second kappa shape index (κ2) is 7.13. The van der Waals surface area contributed by atoms with Crippen LogP contribution in [0.3, 0.4) is 0 Å². The van der Waals surface area contributed by atoms with Gasteiger partial charge in [-0.05, 0) is 24.1 Å². The van der Waals surface area contributed by atoms with Crippen LogP contribution in [0.2, 0.25) is 0 Å². The summed E-state index contributed by atoms with van der Waals surface area (Å²) in [6, 6.07) is 5.75. The monoisotopic (exact) mass is 345 g/mol. The zero-order chi connectivity index (χ0) is 17.9. The minimum atomic E-state index is -0.168. The minimum Gasteiger partial charge on any atom is -0.454 e. The zero-order valence-electron chi connectivity index (χ0n) is 14.8. The van der Waals surface area contributed by atoms with Crippen LogP contribution >= 0.6 is 0 Å². The van der Waals surface area contributed by atoms with E-state index >= 15 is 0 Å². The van der Waals surface area contributed by atoms with Crippen molar-refractivity contribution in [3.05, 3.63) is 35.5 Å². The molecule has 7 nitrogen and oxygen atoms in total. The molecule has 1 N–H and O–H groups in total. The molecule has 7 heteroatoms. The second-order valence-electron chi connectivity index (χ2n) is 7.05. The van der Waals surface area contributed by atoms with Crippen molar-refractivity contribution >= 4 is 5.91 Å². The predicted molar refractivity (Wildman–Crippen MR) is 90.6 cm³/mol. The highest BCUT2D eigenvalue weighted by molar-refractivity contribution is 5.76. The van der Waals surface area contributed by atoms with Crippen molar-refractivity contribution in [2.75, 3.05) is 13.3 Å². The molecular formula is C18H23N3O4. The molecule has 0 atom stereocenters. The lowest BCUT2D eigenvalue weighted by Crippen LogP contribution is -2.26. The quantitative estimate of drug-likeness (QED) is 0.865. The molecule has 3 rings (SSSR count). The average Bonchev–Trinajstić information content (AvgIpc) is 3.21. The number of carbonyl (C=O) groups is 1. The number of hydrogen-bond donors (Lipinski definition) is 1. The summed E-state index contributed by atoms with van der Waals surface area (Å²) in [6.07, 6.45) is 1.62. The first-order valence-corrected chi connectivity index (χ1v) is 8.40. The number of carbonyl (C=O) groups excluding carboxylic acids is 1. The Hall–Kier alpha value is -2.57. The van der Waals surface area contributed by atoms with E-state index in [0.717, 1.165) is 17.1 Å². The van der Waals surface area contributed by atoms with Gasteiger partial charge >= 0.3 is 0 Å². The maximum atomic E-state index is 12.0. The van der Waals surface area contributed by atoms with E-state index in [-0.39, 0.29) is 18.1 Å². The molecule has 25 heavy (non-hydrogen) atoms. The number of aryl methyl sites for hydroxylation is 1. The summed E-state index contributed by atoms with van der Waals surface area (Å²) in [6.45, 7) is 6.79. The number of ether oxygens (including phenoxy) is 2. The van der Waals surface area contributed by atoms with E-state index in [1.54, 1.807) is 0 Å². The third-order valence-electron chi connectivity index (χ3n) is 3.86. The van der Waals surface area contributed by atoms with Crippen LogP contribution in [-0.4, -0.2) is 29.4 Å². The molecule has 0 fully saturated rings. The second-order valence-corrected chi connectivity index (χ2v) is 7.05. The molecule has 0 bridgehead atoms. The highest BCUT2D eigenvalue weighted by Gasteiger charge is 2.21. The van der Waals surface area contributed by atoms with Gasteiger partial charge in [-0.2, -0.15) is 4.98 Å². The van der Waals surface area contributed by atoms with Gasteiger partial charge < -0.3 is 19.3 Å². The molecule has 1 amide bonds. The lowest BCUT2D eigenvalue weighted by molar-refractivity contribution is -0.121. The first kappa shape index (κ1) is 17.3. The number of amides is 1. The molecular weight excluding hydrogens is 322 g/mol. The van der Waals surface area contributed by atoms with Crippen molar-refractivity contribution in [3.8, 4) is 11.5 Å². The van der Waals surface area contributed by atoms with Crippen LogP contribution < -0.4 is 14.8 Å². The molecule has 2 aromatic rings. The maximum Gasteiger partial charge on any atom is 0.232 e. The van der Waals surface area contributed by atoms with Gasteiger partial charge in [-0.1, -0.05) is 32.0 Å². The molecule has 0 saturated heterocycles. The first-order chi connectivity index (χ1) is 11.9. The molecule has 1 aliphatic heterocycles. The molecule has 0 aliphatic carbocycles. The number of nitrogens with one attached hydrogen (secondary N) is 1. The topological polar surface area (TPSA) is 86.5 Å². The Bertz CT molecular complexity index is 749. The van der Waals surface area contributed by atoms with Gasteiger partial charge in [0.25, 0.3) is 0 Å². The average molecular weight is 345 g/mol. The fourth-order valence-corrected chi connectivity index (χ4v) is 2.42. The molecule has 2 heterocycles. The van der Waals surface area contributed by atoms with Crippen LogP contribution in [0.25, 0.3) is 0 Å². The van der Waals surface area contributed by atoms with Gasteiger partial charge in [-0.15, -0.1) is 0 Å². The number of aromatic nitrogens is 2. The van der Waals surface area contributed by atoms with Crippen LogP contribution in [0.1, 0.15) is 44.5 Å². The standard InChI is InChI=1S/C18H23N3O4/c1-18(2,3)17-20-15(21-25-17)8-9-19-16(22)7-5-12-4-6-13-14(10-12)24-11-23-13/h4,6,10H,5,7-9,11H2,1-3H3,(H,19,22). The van der Waals surface area contributed by atoms with Gasteiger partial charge in [0.15, 0.2) is 17.3 Å². The van der Waals surface area contributed by atoms with Crippen molar-refractivity contribution in [1.82, 2.24) is 15.5 Å². The molecule has 0 saturated carbocycles. The Morgan fingerprint density at radius 3 is 2.76 bits per heavy atom. The smallest absolute Gasteiger partial charge is 0.232 e. The summed E-state index contributed by atoms with van der Waals surface area (Å²) >= 11 is 0. The molecule has 1 aromatic carbocycles. The Kier molecular flexibility index (Phi) is 4.92. The fraction of sp³-hybridized carbons (Fsp3) is 0.500. The maximum absolute atomic E-state index is 12.0. The van der Waals surface area contributed by atoms with Gasteiger partial charge in [0.05, 0.1) is 0 Å². The lowest BCUT2D eigenvalue weighted by Gasteiger charge is -2.10. The molecule has 1 aromatic heterocycles. The van der Waals surface area contributed by atoms with Crippen LogP contribution in [0, 0.1) is 0 Å². The van der Waals surface area contributed by atoms with Crippen LogP contribution in [-0.2, 0) is 23.1 Å². The lowest BCUT2D eigenvalue weighted by atomic mass is 9.97. The number of fused-ring (bicyclic) bond motifs is 1. The summed E-state index contributed by atoms with van der Waals surface area (Å²) in [5.41, 5.74) is 0.881. The van der Waals surface area contributed by atoms with E-state index in [0.29, 0.717) is 37.5 Å². The summed E-state index contributed by atoms with van der Waals surface area (Å²) in [4.78, 5) is 16.3. The minimum absolute atomic E-state index is 0.00259.